The molecular weight excluding hydrogens is 196 g/mol. The molecule has 6 nitrogen and oxygen atoms in total. The summed E-state index contributed by atoms with van der Waals surface area (Å²) in [6.07, 6.45) is 0. The first kappa shape index (κ1) is 9.69. The van der Waals surface area contributed by atoms with E-state index in [4.69, 9.17) is 17.4 Å². The van der Waals surface area contributed by atoms with Crippen molar-refractivity contribution < 1.29 is 9.53 Å². The number of ether oxygens (including phenoxy) is 1. The van der Waals surface area contributed by atoms with Gasteiger partial charge in [0.15, 0.2) is 10.8 Å². The van der Waals surface area contributed by atoms with Crippen LogP contribution in [-0.2, 0) is 4.74 Å². The Balaban J connectivity index is 3.13. The van der Waals surface area contributed by atoms with Crippen molar-refractivity contribution in [1.29, 1.82) is 0 Å². The molecular formula is C6H7ClN4O2. The minimum atomic E-state index is -0.628. The molecule has 0 radical (unpaired) electrons. The molecule has 0 spiro atoms. The highest BCUT2D eigenvalue weighted by Gasteiger charge is 2.14. The molecule has 0 aliphatic carbocycles. The third kappa shape index (κ3) is 2.04. The van der Waals surface area contributed by atoms with Crippen LogP contribution in [0.4, 0.5) is 5.69 Å². The van der Waals surface area contributed by atoms with Crippen LogP contribution in [0.15, 0.2) is 6.07 Å². The Kier molecular flexibility index (Phi) is 2.99. The first-order valence-electron chi connectivity index (χ1n) is 3.27. The van der Waals surface area contributed by atoms with Crippen LogP contribution in [0, 0.1) is 0 Å². The number of nitrogens with zero attached hydrogens (tertiary/aromatic N) is 2. The molecule has 0 aliphatic heterocycles. The highest BCUT2D eigenvalue weighted by molar-refractivity contribution is 6.29. The molecule has 0 aromatic carbocycles. The normalized spacial score (nSPS) is 9.46. The number of hydrogen-bond acceptors (Lipinski definition) is 6. The van der Waals surface area contributed by atoms with Gasteiger partial charge in [-0.1, -0.05) is 11.6 Å². The molecule has 1 aromatic rings. The van der Waals surface area contributed by atoms with Gasteiger partial charge in [0.2, 0.25) is 0 Å². The van der Waals surface area contributed by atoms with Gasteiger partial charge in [-0.25, -0.2) is 4.79 Å². The predicted octanol–water partition coefficient (Wildman–Crippen LogP) is 0.202. The van der Waals surface area contributed by atoms with Gasteiger partial charge in [-0.15, -0.1) is 10.2 Å². The van der Waals surface area contributed by atoms with Crippen LogP contribution in [0.1, 0.15) is 10.5 Å². The Morgan fingerprint density at radius 1 is 1.69 bits per heavy atom. The number of anilines is 1. The number of hydrogen-bond donors (Lipinski definition) is 2. The van der Waals surface area contributed by atoms with Gasteiger partial charge in [-0.2, -0.15) is 0 Å². The highest BCUT2D eigenvalue weighted by Crippen LogP contribution is 2.15. The summed E-state index contributed by atoms with van der Waals surface area (Å²) >= 11 is 5.52. The van der Waals surface area contributed by atoms with E-state index in [2.05, 4.69) is 20.4 Å². The van der Waals surface area contributed by atoms with Crippen LogP contribution in [0.5, 0.6) is 0 Å². The molecule has 70 valence electrons. The largest absolute Gasteiger partial charge is 0.464 e. The molecule has 3 N–H and O–H groups in total. The zero-order valence-electron chi connectivity index (χ0n) is 6.74. The molecule has 0 unspecified atom stereocenters. The third-order valence-corrected chi connectivity index (χ3v) is 1.48. The zero-order chi connectivity index (χ0) is 9.84. The molecule has 0 saturated heterocycles. The zero-order valence-corrected chi connectivity index (χ0v) is 7.50. The van der Waals surface area contributed by atoms with E-state index in [-0.39, 0.29) is 16.5 Å². The van der Waals surface area contributed by atoms with Gasteiger partial charge >= 0.3 is 5.97 Å². The van der Waals surface area contributed by atoms with Gasteiger partial charge in [-0.3, -0.25) is 5.84 Å². The van der Waals surface area contributed by atoms with Crippen LogP contribution in [0.3, 0.4) is 0 Å². The molecule has 0 saturated carbocycles. The summed E-state index contributed by atoms with van der Waals surface area (Å²) in [5.74, 6) is 4.50. The van der Waals surface area contributed by atoms with Crippen molar-refractivity contribution in [2.45, 2.75) is 0 Å². The topological polar surface area (TPSA) is 90.1 Å². The van der Waals surface area contributed by atoms with Gasteiger partial charge in [0.05, 0.1) is 12.8 Å². The van der Waals surface area contributed by atoms with E-state index < -0.39 is 5.97 Å². The van der Waals surface area contributed by atoms with Crippen LogP contribution in [0.2, 0.25) is 5.15 Å². The van der Waals surface area contributed by atoms with Crippen molar-refractivity contribution in [3.63, 3.8) is 0 Å². The van der Waals surface area contributed by atoms with E-state index in [9.17, 15) is 4.79 Å². The molecule has 0 amide bonds. The van der Waals surface area contributed by atoms with Gasteiger partial charge in [-0.05, 0) is 0 Å². The number of methoxy groups -OCH3 is 1. The predicted molar refractivity (Wildman–Crippen MR) is 46.2 cm³/mol. The summed E-state index contributed by atoms with van der Waals surface area (Å²) in [4.78, 5) is 11.0. The SMILES string of the molecule is COC(=O)c1nnc(Cl)cc1NN. The Morgan fingerprint density at radius 3 is 2.92 bits per heavy atom. The molecule has 1 aromatic heterocycles. The second kappa shape index (κ2) is 4.01. The summed E-state index contributed by atoms with van der Waals surface area (Å²) in [6, 6.07) is 1.38. The van der Waals surface area contributed by atoms with E-state index in [1.165, 1.54) is 13.2 Å². The van der Waals surface area contributed by atoms with Crippen molar-refractivity contribution >= 4 is 23.3 Å². The highest BCUT2D eigenvalue weighted by atomic mass is 35.5. The average molecular weight is 203 g/mol. The van der Waals surface area contributed by atoms with Gasteiger partial charge < -0.3 is 10.2 Å². The molecule has 1 heterocycles. The van der Waals surface area contributed by atoms with Crippen molar-refractivity contribution in [2.24, 2.45) is 5.84 Å². The van der Waals surface area contributed by atoms with E-state index in [0.29, 0.717) is 0 Å². The van der Waals surface area contributed by atoms with E-state index in [0.717, 1.165) is 0 Å². The number of nitrogens with one attached hydrogen (secondary N) is 1. The number of esters is 1. The first-order chi connectivity index (χ1) is 6.19. The summed E-state index contributed by atoms with van der Waals surface area (Å²) in [6.45, 7) is 0. The van der Waals surface area contributed by atoms with Crippen LogP contribution >= 0.6 is 11.6 Å². The number of carbonyl (C=O) groups excluding carboxylic acids is 1. The maximum atomic E-state index is 11.0. The molecule has 0 bridgehead atoms. The van der Waals surface area contributed by atoms with Gasteiger partial charge in [0.25, 0.3) is 0 Å². The molecule has 13 heavy (non-hydrogen) atoms. The maximum absolute atomic E-state index is 11.0. The van der Waals surface area contributed by atoms with Crippen LogP contribution in [-0.4, -0.2) is 23.3 Å². The molecule has 0 fully saturated rings. The molecule has 7 heteroatoms. The van der Waals surface area contributed by atoms with Crippen LogP contribution < -0.4 is 11.3 Å². The fourth-order valence-corrected chi connectivity index (χ4v) is 0.872. The van der Waals surface area contributed by atoms with Gasteiger partial charge in [0, 0.05) is 6.07 Å². The average Bonchev–Trinajstić information content (AvgIpc) is 2.16. The monoisotopic (exact) mass is 202 g/mol. The Hall–Kier alpha value is -1.40. The lowest BCUT2D eigenvalue weighted by Crippen LogP contribution is -2.15. The molecule has 0 aliphatic rings. The number of carbonyl (C=O) groups is 1. The second-order valence-electron chi connectivity index (χ2n) is 2.07. The number of hydrazine groups is 1. The lowest BCUT2D eigenvalue weighted by molar-refractivity contribution is 0.0594. The number of nitrogens with two attached hydrogens (primary N) is 1. The Labute approximate surface area is 79.0 Å². The van der Waals surface area contributed by atoms with Crippen molar-refractivity contribution in [3.05, 3.63) is 16.9 Å². The quantitative estimate of drug-likeness (QED) is 0.405. The lowest BCUT2D eigenvalue weighted by Gasteiger charge is -2.04. The number of nitrogen functional groups attached to an aromatic ring is 1. The smallest absolute Gasteiger partial charge is 0.360 e. The first-order valence-corrected chi connectivity index (χ1v) is 3.65. The lowest BCUT2D eigenvalue weighted by atomic mass is 10.3. The minimum Gasteiger partial charge on any atom is -0.464 e. The maximum Gasteiger partial charge on any atom is 0.360 e. The standard InChI is InChI=1S/C6H7ClN4O2/c1-13-6(12)5-3(9-8)2-4(7)10-11-5/h2H,8H2,1H3,(H,9,10). The summed E-state index contributed by atoms with van der Waals surface area (Å²) in [5, 5.41) is 7.14. The second-order valence-corrected chi connectivity index (χ2v) is 2.45. The van der Waals surface area contributed by atoms with E-state index >= 15 is 0 Å². The van der Waals surface area contributed by atoms with Crippen molar-refractivity contribution in [3.8, 4) is 0 Å². The fraction of sp³-hybridized carbons (Fsp3) is 0.167. The Bertz CT molecular complexity index is 330. The van der Waals surface area contributed by atoms with E-state index in [1.54, 1.807) is 0 Å². The molecule has 1 rings (SSSR count). The third-order valence-electron chi connectivity index (χ3n) is 1.30. The molecule has 0 atom stereocenters. The van der Waals surface area contributed by atoms with Crippen LogP contribution in [0.25, 0.3) is 0 Å². The summed E-state index contributed by atoms with van der Waals surface area (Å²) < 4.78 is 4.44. The number of rotatable bonds is 2. The van der Waals surface area contributed by atoms with Gasteiger partial charge in [0.1, 0.15) is 0 Å². The van der Waals surface area contributed by atoms with Crippen molar-refractivity contribution in [2.75, 3.05) is 12.5 Å². The number of halogens is 1. The summed E-state index contributed by atoms with van der Waals surface area (Å²) in [5.41, 5.74) is 2.53. The summed E-state index contributed by atoms with van der Waals surface area (Å²) in [7, 11) is 1.24. The number of aromatic nitrogens is 2. The van der Waals surface area contributed by atoms with E-state index in [1.807, 2.05) is 0 Å². The minimum absolute atomic E-state index is 0.00519. The Morgan fingerprint density at radius 2 is 2.38 bits per heavy atom. The fourth-order valence-electron chi connectivity index (χ4n) is 0.725. The van der Waals surface area contributed by atoms with Crippen molar-refractivity contribution in [1.82, 2.24) is 10.2 Å².